The summed E-state index contributed by atoms with van der Waals surface area (Å²) in [5.74, 6) is 0.183. The van der Waals surface area contributed by atoms with E-state index in [0.717, 1.165) is 23.0 Å². The van der Waals surface area contributed by atoms with Crippen LogP contribution in [-0.2, 0) is 7.05 Å². The predicted octanol–water partition coefficient (Wildman–Crippen LogP) is 3.89. The quantitative estimate of drug-likeness (QED) is 0.348. The number of rotatable bonds is 6. The Morgan fingerprint density at radius 2 is 2.03 bits per heavy atom. The van der Waals surface area contributed by atoms with Crippen LogP contribution < -0.4 is 5.32 Å². The zero-order valence-corrected chi connectivity index (χ0v) is 17.9. The van der Waals surface area contributed by atoms with Gasteiger partial charge in [0.25, 0.3) is 11.6 Å². The molecular formula is C21H17N7O3S. The van der Waals surface area contributed by atoms with Crippen LogP contribution in [0.15, 0.2) is 71.1 Å². The van der Waals surface area contributed by atoms with E-state index in [1.807, 2.05) is 6.07 Å². The fraction of sp³-hybridized carbons (Fsp3) is 0.0952. The van der Waals surface area contributed by atoms with Gasteiger partial charge in [-0.3, -0.25) is 14.9 Å². The number of anilines is 1. The van der Waals surface area contributed by atoms with Crippen molar-refractivity contribution < 1.29 is 9.72 Å². The average Bonchev–Trinajstić information content (AvgIpc) is 3.18. The van der Waals surface area contributed by atoms with Crippen LogP contribution in [0.3, 0.4) is 0 Å². The highest BCUT2D eigenvalue weighted by Crippen LogP contribution is 2.34. The van der Waals surface area contributed by atoms with Gasteiger partial charge >= 0.3 is 0 Å². The zero-order valence-electron chi connectivity index (χ0n) is 17.1. The Bertz CT molecular complexity index is 1320. The first-order valence-corrected chi connectivity index (χ1v) is 10.2. The number of hydrogen-bond acceptors (Lipinski definition) is 8. The zero-order chi connectivity index (χ0) is 22.7. The number of hydrogen-bond donors (Lipinski definition) is 1. The van der Waals surface area contributed by atoms with Crippen molar-refractivity contribution in [3.63, 3.8) is 0 Å². The maximum Gasteiger partial charge on any atom is 0.284 e. The molecule has 1 N–H and O–H groups in total. The number of amides is 1. The van der Waals surface area contributed by atoms with E-state index in [0.29, 0.717) is 21.6 Å². The number of carbonyl (C=O) groups is 1. The summed E-state index contributed by atoms with van der Waals surface area (Å²) in [6.45, 7) is 1.80. The van der Waals surface area contributed by atoms with Crippen LogP contribution in [0.4, 0.5) is 11.4 Å². The van der Waals surface area contributed by atoms with Crippen molar-refractivity contribution in [2.24, 2.45) is 7.05 Å². The Balaban J connectivity index is 1.57. The molecule has 160 valence electrons. The Hall–Kier alpha value is -4.12. The van der Waals surface area contributed by atoms with Crippen LogP contribution in [-0.4, -0.2) is 35.6 Å². The van der Waals surface area contributed by atoms with Crippen molar-refractivity contribution in [3.8, 4) is 11.3 Å². The second-order valence-corrected chi connectivity index (χ2v) is 7.80. The molecule has 0 spiro atoms. The Labute approximate surface area is 186 Å². The van der Waals surface area contributed by atoms with Gasteiger partial charge in [-0.2, -0.15) is 0 Å². The molecule has 1 amide bonds. The molecular weight excluding hydrogens is 430 g/mol. The first-order chi connectivity index (χ1) is 15.4. The number of carbonyl (C=O) groups excluding carboxylic acids is 1. The van der Waals surface area contributed by atoms with Crippen LogP contribution in [0.1, 0.15) is 16.2 Å². The number of nitro groups is 1. The van der Waals surface area contributed by atoms with E-state index in [-0.39, 0.29) is 11.3 Å². The summed E-state index contributed by atoms with van der Waals surface area (Å²) >= 11 is 1.10. The fourth-order valence-corrected chi connectivity index (χ4v) is 3.78. The van der Waals surface area contributed by atoms with Gasteiger partial charge < -0.3 is 9.88 Å². The van der Waals surface area contributed by atoms with Gasteiger partial charge in [-0.25, -0.2) is 9.97 Å². The smallest absolute Gasteiger partial charge is 0.284 e. The van der Waals surface area contributed by atoms with Gasteiger partial charge in [0.05, 0.1) is 15.5 Å². The number of nitrogens with zero attached hydrogens (tertiary/aromatic N) is 6. The first kappa shape index (κ1) is 21.1. The van der Waals surface area contributed by atoms with Gasteiger partial charge in [-0.15, -0.1) is 10.2 Å². The number of aryl methyl sites for hydroxylation is 2. The van der Waals surface area contributed by atoms with E-state index in [2.05, 4.69) is 25.5 Å². The molecule has 0 radical (unpaired) electrons. The van der Waals surface area contributed by atoms with E-state index in [9.17, 15) is 14.9 Å². The van der Waals surface area contributed by atoms with Crippen molar-refractivity contribution in [1.29, 1.82) is 0 Å². The molecule has 0 bridgehead atoms. The number of nitrogens with one attached hydrogen (secondary N) is 1. The normalized spacial score (nSPS) is 10.7. The third-order valence-electron chi connectivity index (χ3n) is 4.48. The SMILES string of the molecule is Cc1nccc(-c2cccc(NC(=O)c3ccc(Sc4nncn4C)c([N+](=O)[O-])c3)c2)n1. The van der Waals surface area contributed by atoms with Crippen LogP contribution in [0.25, 0.3) is 11.3 Å². The lowest BCUT2D eigenvalue weighted by molar-refractivity contribution is -0.387. The molecule has 11 heteroatoms. The maximum absolute atomic E-state index is 12.8. The molecule has 0 fully saturated rings. The molecule has 2 aromatic carbocycles. The third-order valence-corrected chi connectivity index (χ3v) is 5.60. The summed E-state index contributed by atoms with van der Waals surface area (Å²) in [7, 11) is 1.74. The summed E-state index contributed by atoms with van der Waals surface area (Å²) < 4.78 is 1.65. The van der Waals surface area contributed by atoms with Crippen molar-refractivity contribution in [2.45, 2.75) is 17.0 Å². The highest BCUT2D eigenvalue weighted by atomic mass is 32.2. The Morgan fingerprint density at radius 1 is 1.19 bits per heavy atom. The maximum atomic E-state index is 12.8. The molecule has 2 aromatic heterocycles. The van der Waals surface area contributed by atoms with E-state index in [1.165, 1.54) is 18.5 Å². The average molecular weight is 447 g/mol. The van der Waals surface area contributed by atoms with Crippen LogP contribution >= 0.6 is 11.8 Å². The fourth-order valence-electron chi connectivity index (χ4n) is 2.93. The lowest BCUT2D eigenvalue weighted by atomic mass is 10.1. The summed E-state index contributed by atoms with van der Waals surface area (Å²) in [6, 6.07) is 13.3. The lowest BCUT2D eigenvalue weighted by Crippen LogP contribution is -2.12. The molecule has 0 aliphatic rings. The molecule has 32 heavy (non-hydrogen) atoms. The van der Waals surface area contributed by atoms with Crippen molar-refractivity contribution in [2.75, 3.05) is 5.32 Å². The standard InChI is InChI=1S/C21H17N7O3S/c1-13-22-9-8-17(24-13)14-4-3-5-16(10-14)25-20(29)15-6-7-19(18(11-15)28(30)31)32-21-26-23-12-27(21)2/h3-12H,1-2H3,(H,25,29). The summed E-state index contributed by atoms with van der Waals surface area (Å²) in [5, 5.41) is 22.6. The first-order valence-electron chi connectivity index (χ1n) is 9.42. The highest BCUT2D eigenvalue weighted by molar-refractivity contribution is 7.99. The van der Waals surface area contributed by atoms with E-state index < -0.39 is 10.8 Å². The number of aromatic nitrogens is 5. The number of nitro benzene ring substituents is 1. The second-order valence-electron chi connectivity index (χ2n) is 6.79. The number of benzene rings is 2. The lowest BCUT2D eigenvalue weighted by Gasteiger charge is -2.09. The second kappa shape index (κ2) is 8.94. The molecule has 10 nitrogen and oxygen atoms in total. The van der Waals surface area contributed by atoms with Crippen LogP contribution in [0.2, 0.25) is 0 Å². The van der Waals surface area contributed by atoms with E-state index in [1.54, 1.807) is 55.1 Å². The van der Waals surface area contributed by atoms with Gasteiger partial charge in [-0.05, 0) is 49.0 Å². The third kappa shape index (κ3) is 4.62. The monoisotopic (exact) mass is 447 g/mol. The van der Waals surface area contributed by atoms with E-state index >= 15 is 0 Å². The molecule has 4 rings (SSSR count). The van der Waals surface area contributed by atoms with Gasteiger partial charge in [0.15, 0.2) is 5.16 Å². The largest absolute Gasteiger partial charge is 0.322 e. The molecule has 0 saturated heterocycles. The minimum Gasteiger partial charge on any atom is -0.322 e. The highest BCUT2D eigenvalue weighted by Gasteiger charge is 2.20. The Kier molecular flexibility index (Phi) is 5.90. The molecule has 0 unspecified atom stereocenters. The summed E-state index contributed by atoms with van der Waals surface area (Å²) in [6.07, 6.45) is 3.18. The molecule has 2 heterocycles. The van der Waals surface area contributed by atoms with Crippen molar-refractivity contribution >= 4 is 29.0 Å². The van der Waals surface area contributed by atoms with Gasteiger partial charge in [0.1, 0.15) is 12.2 Å². The minimum atomic E-state index is -0.520. The minimum absolute atomic E-state index is 0.169. The topological polar surface area (TPSA) is 129 Å². The van der Waals surface area contributed by atoms with E-state index in [4.69, 9.17) is 0 Å². The van der Waals surface area contributed by atoms with Gasteiger partial charge in [0.2, 0.25) is 0 Å². The molecule has 0 saturated carbocycles. The van der Waals surface area contributed by atoms with Crippen LogP contribution in [0.5, 0.6) is 0 Å². The van der Waals surface area contributed by atoms with Crippen molar-refractivity contribution in [3.05, 3.63) is 82.6 Å². The summed E-state index contributed by atoms with van der Waals surface area (Å²) in [4.78, 5) is 32.7. The molecule has 0 atom stereocenters. The summed E-state index contributed by atoms with van der Waals surface area (Å²) in [5.41, 5.74) is 2.08. The van der Waals surface area contributed by atoms with Crippen LogP contribution in [0, 0.1) is 17.0 Å². The molecule has 4 aromatic rings. The Morgan fingerprint density at radius 3 is 2.75 bits per heavy atom. The predicted molar refractivity (Wildman–Crippen MR) is 118 cm³/mol. The molecule has 0 aliphatic carbocycles. The van der Waals surface area contributed by atoms with Gasteiger partial charge in [-0.1, -0.05) is 12.1 Å². The van der Waals surface area contributed by atoms with Crippen molar-refractivity contribution in [1.82, 2.24) is 24.7 Å². The molecule has 0 aliphatic heterocycles. The van der Waals surface area contributed by atoms with Gasteiger partial charge in [0, 0.05) is 36.1 Å².